The van der Waals surface area contributed by atoms with Crippen LogP contribution in [0.15, 0.2) is 29.7 Å². The Balaban J connectivity index is 1.16. The Morgan fingerprint density at radius 2 is 1.53 bits per heavy atom. The second-order valence-corrected chi connectivity index (χ2v) is 14.2. The first-order chi connectivity index (χ1) is 17.3. The van der Waals surface area contributed by atoms with Gasteiger partial charge in [0, 0.05) is 24.9 Å². The van der Waals surface area contributed by atoms with Crippen molar-refractivity contribution in [1.82, 2.24) is 19.3 Å². The number of hydrogen-bond donors (Lipinski definition) is 0. The van der Waals surface area contributed by atoms with Crippen molar-refractivity contribution in [3.05, 3.63) is 24.7 Å². The summed E-state index contributed by atoms with van der Waals surface area (Å²) < 4.78 is 69.8. The van der Waals surface area contributed by atoms with E-state index in [4.69, 9.17) is 14.2 Å². The number of nitrogens with zero attached hydrogens (tertiary/aromatic N) is 4. The lowest BCUT2D eigenvalue weighted by Gasteiger charge is -2.37. The van der Waals surface area contributed by atoms with Gasteiger partial charge in [0.1, 0.15) is 18.2 Å². The predicted octanol–water partition coefficient (Wildman–Crippen LogP) is 2.48. The third-order valence-electron chi connectivity index (χ3n) is 7.26. The minimum Gasteiger partial charge on any atom is -0.487 e. The van der Waals surface area contributed by atoms with Gasteiger partial charge in [0.15, 0.2) is 14.9 Å². The number of aromatic nitrogens is 3. The largest absolute Gasteiger partial charge is 0.487 e. The number of fused-ring (bicyclic) bond motifs is 2. The maximum absolute atomic E-state index is 12.9. The molecule has 2 aromatic heterocycles. The first-order valence-corrected chi connectivity index (χ1v) is 15.3. The average Bonchev–Trinajstić information content (AvgIpc) is 3.76. The van der Waals surface area contributed by atoms with Crippen molar-refractivity contribution < 1.29 is 31.0 Å². The molecule has 2 aliphatic carbocycles. The Kier molecular flexibility index (Phi) is 5.84. The number of pyridine rings is 1. The second kappa shape index (κ2) is 8.80. The average molecular weight is 537 g/mol. The molecule has 0 spiro atoms. The second-order valence-electron chi connectivity index (χ2n) is 9.87. The normalized spacial score (nSPS) is 26.5. The molecule has 2 saturated heterocycles. The summed E-state index contributed by atoms with van der Waals surface area (Å²) in [6.07, 6.45) is 8.13. The van der Waals surface area contributed by atoms with Gasteiger partial charge in [0.25, 0.3) is 11.8 Å². The number of sulfonamides is 1. The molecular weight excluding hydrogens is 508 g/mol. The molecule has 13 heteroatoms. The van der Waals surface area contributed by atoms with Crippen LogP contribution in [0.5, 0.6) is 23.3 Å². The van der Waals surface area contributed by atoms with E-state index in [0.717, 1.165) is 25.7 Å². The number of hydrogen-bond acceptors (Lipinski definition) is 10. The molecule has 2 aliphatic heterocycles. The third kappa shape index (κ3) is 4.30. The van der Waals surface area contributed by atoms with Gasteiger partial charge in [-0.15, -0.1) is 0 Å². The molecule has 4 heterocycles. The highest BCUT2D eigenvalue weighted by molar-refractivity contribution is 7.92. The molecule has 4 fully saturated rings. The monoisotopic (exact) mass is 536 g/mol. The molecule has 36 heavy (non-hydrogen) atoms. The summed E-state index contributed by atoms with van der Waals surface area (Å²) in [7, 11) is -5.16. The van der Waals surface area contributed by atoms with E-state index in [9.17, 15) is 16.8 Å². The summed E-state index contributed by atoms with van der Waals surface area (Å²) in [5, 5.41) is -0.521. The van der Waals surface area contributed by atoms with Crippen LogP contribution < -0.4 is 14.2 Å². The van der Waals surface area contributed by atoms with Crippen LogP contribution in [0.3, 0.4) is 0 Å². The summed E-state index contributed by atoms with van der Waals surface area (Å²) in [5.74, 6) is 0.821. The lowest BCUT2D eigenvalue weighted by molar-refractivity contribution is 0.0881. The van der Waals surface area contributed by atoms with Crippen molar-refractivity contribution in [1.29, 1.82) is 0 Å². The first-order valence-electron chi connectivity index (χ1n) is 12.2. The van der Waals surface area contributed by atoms with Crippen molar-refractivity contribution in [3.8, 4) is 23.3 Å². The van der Waals surface area contributed by atoms with E-state index in [1.807, 2.05) is 0 Å². The zero-order chi connectivity index (χ0) is 25.1. The fourth-order valence-electron chi connectivity index (χ4n) is 5.22. The minimum atomic E-state index is -3.39. The Morgan fingerprint density at radius 3 is 2.11 bits per heavy atom. The van der Waals surface area contributed by atoms with E-state index in [-0.39, 0.29) is 51.2 Å². The number of sulfone groups is 1. The number of ether oxygens (including phenoxy) is 3. The summed E-state index contributed by atoms with van der Waals surface area (Å²) in [6.45, 7) is 0. The highest BCUT2D eigenvalue weighted by atomic mass is 32.2. The smallest absolute Gasteiger partial charge is 0.269 e. The molecule has 2 saturated carbocycles. The van der Waals surface area contributed by atoms with Crippen LogP contribution in [0.1, 0.15) is 51.4 Å². The SMILES string of the molecule is COc1c(Oc2ccc(S(=O)(=O)C3CC3)nc2)ncnc1OC1CC2CC[C@@H](C1)N2S(=O)(=O)C1CC1. The van der Waals surface area contributed by atoms with Gasteiger partial charge in [-0.3, -0.25) is 0 Å². The Bertz CT molecular complexity index is 1350. The van der Waals surface area contributed by atoms with Crippen LogP contribution in [0.4, 0.5) is 0 Å². The number of rotatable bonds is 9. The Hall–Kier alpha value is -2.51. The molecule has 0 amide bonds. The highest BCUT2D eigenvalue weighted by Gasteiger charge is 2.52. The zero-order valence-corrected chi connectivity index (χ0v) is 21.4. The summed E-state index contributed by atoms with van der Waals surface area (Å²) in [5.41, 5.74) is 0. The predicted molar refractivity (Wildman–Crippen MR) is 127 cm³/mol. The minimum absolute atomic E-state index is 0.0284. The van der Waals surface area contributed by atoms with E-state index >= 15 is 0 Å². The maximum Gasteiger partial charge on any atom is 0.269 e. The standard InChI is InChI=1S/C23H28N4O7S2/c1-32-21-22(33-16-4-9-20(24-12-16)35(28,29)18-5-6-18)25-13-26-23(21)34-17-10-14-2-3-15(11-17)27(14)36(30,31)19-7-8-19/h4,9,12-15,17-19H,2-3,5-8,10-11H2,1H3/t14-,15?,17?/m0/s1. The molecule has 2 aromatic rings. The van der Waals surface area contributed by atoms with Crippen molar-refractivity contribution in [2.75, 3.05) is 7.11 Å². The van der Waals surface area contributed by atoms with Gasteiger partial charge in [-0.05, 0) is 50.7 Å². The Labute approximate surface area is 210 Å². The molecule has 0 N–H and O–H groups in total. The molecular formula is C23H28N4O7S2. The van der Waals surface area contributed by atoms with Crippen LogP contribution >= 0.6 is 0 Å². The van der Waals surface area contributed by atoms with E-state index in [1.54, 1.807) is 4.31 Å². The molecule has 4 aliphatic rings. The summed E-state index contributed by atoms with van der Waals surface area (Å²) in [6, 6.07) is 2.84. The zero-order valence-electron chi connectivity index (χ0n) is 19.8. The first kappa shape index (κ1) is 23.9. The van der Waals surface area contributed by atoms with E-state index in [2.05, 4.69) is 15.0 Å². The number of piperidine rings is 1. The molecule has 11 nitrogen and oxygen atoms in total. The van der Waals surface area contributed by atoms with Gasteiger partial charge >= 0.3 is 0 Å². The van der Waals surface area contributed by atoms with Gasteiger partial charge in [-0.25, -0.2) is 21.8 Å². The van der Waals surface area contributed by atoms with Crippen molar-refractivity contribution in [2.24, 2.45) is 0 Å². The molecule has 0 radical (unpaired) electrons. The van der Waals surface area contributed by atoms with Crippen molar-refractivity contribution >= 4 is 19.9 Å². The quantitative estimate of drug-likeness (QED) is 0.470. The summed E-state index contributed by atoms with van der Waals surface area (Å²) in [4.78, 5) is 12.4. The fraction of sp³-hybridized carbons (Fsp3) is 0.609. The van der Waals surface area contributed by atoms with E-state index < -0.39 is 19.9 Å². The van der Waals surface area contributed by atoms with E-state index in [0.29, 0.717) is 31.4 Å². The Morgan fingerprint density at radius 1 is 0.861 bits per heavy atom. The molecule has 6 rings (SSSR count). The summed E-state index contributed by atoms with van der Waals surface area (Å²) >= 11 is 0. The lowest BCUT2D eigenvalue weighted by Crippen LogP contribution is -2.50. The van der Waals surface area contributed by atoms with Crippen molar-refractivity contribution in [3.63, 3.8) is 0 Å². The maximum atomic E-state index is 12.9. The molecule has 3 atom stereocenters. The van der Waals surface area contributed by atoms with Crippen LogP contribution in [0.2, 0.25) is 0 Å². The van der Waals surface area contributed by atoms with Gasteiger partial charge in [0.05, 0.1) is 23.8 Å². The van der Waals surface area contributed by atoms with Crippen LogP contribution in [0.25, 0.3) is 0 Å². The van der Waals surface area contributed by atoms with Crippen LogP contribution in [-0.4, -0.2) is 71.9 Å². The van der Waals surface area contributed by atoms with Gasteiger partial charge in [-0.1, -0.05) is 0 Å². The van der Waals surface area contributed by atoms with Gasteiger partial charge in [0.2, 0.25) is 15.8 Å². The molecule has 194 valence electrons. The fourth-order valence-corrected chi connectivity index (χ4v) is 9.07. The van der Waals surface area contributed by atoms with Crippen LogP contribution in [-0.2, 0) is 19.9 Å². The lowest BCUT2D eigenvalue weighted by atomic mass is 10.0. The van der Waals surface area contributed by atoms with Gasteiger partial charge in [-0.2, -0.15) is 14.3 Å². The molecule has 0 aromatic carbocycles. The van der Waals surface area contributed by atoms with Crippen LogP contribution in [0, 0.1) is 0 Å². The third-order valence-corrected chi connectivity index (χ3v) is 11.9. The number of methoxy groups -OCH3 is 1. The molecule has 2 bridgehead atoms. The van der Waals surface area contributed by atoms with E-state index in [1.165, 1.54) is 31.8 Å². The van der Waals surface area contributed by atoms with Crippen molar-refractivity contribution in [2.45, 2.75) is 85.1 Å². The molecule has 2 unspecified atom stereocenters. The van der Waals surface area contributed by atoms with Gasteiger partial charge < -0.3 is 14.2 Å². The highest BCUT2D eigenvalue weighted by Crippen LogP contribution is 2.45. The topological polar surface area (TPSA) is 138 Å².